The van der Waals surface area contributed by atoms with E-state index in [0.29, 0.717) is 15.2 Å². The molecular formula is C19H21N3O7S. The molecule has 0 aliphatic heterocycles. The Balaban J connectivity index is 2.27. The second kappa shape index (κ2) is 8.19. The molecule has 3 aromatic rings. The molecule has 0 radical (unpaired) electrons. The molecule has 2 N–H and O–H groups in total. The first-order valence-electron chi connectivity index (χ1n) is 9.29. The number of amides is 1. The van der Waals surface area contributed by atoms with E-state index in [9.17, 15) is 22.8 Å². The Hall–Kier alpha value is -3.34. The fraction of sp³-hybridized carbons (Fsp3) is 0.316. The average molecular weight is 435 g/mol. The van der Waals surface area contributed by atoms with E-state index < -0.39 is 27.6 Å². The zero-order valence-electron chi connectivity index (χ0n) is 16.6. The predicted octanol–water partition coefficient (Wildman–Crippen LogP) is 2.35. The van der Waals surface area contributed by atoms with Crippen LogP contribution in [0.1, 0.15) is 31.1 Å². The fourth-order valence-corrected chi connectivity index (χ4v) is 4.51. The second-order valence-corrected chi connectivity index (χ2v) is 8.07. The summed E-state index contributed by atoms with van der Waals surface area (Å²) in [5.41, 5.74) is 0.0780. The molecular weight excluding hydrogens is 414 g/mol. The number of pyridine rings is 1. The van der Waals surface area contributed by atoms with Gasteiger partial charge in [-0.3, -0.25) is 4.79 Å². The van der Waals surface area contributed by atoms with E-state index in [1.54, 1.807) is 13.8 Å². The van der Waals surface area contributed by atoms with Gasteiger partial charge in [0.1, 0.15) is 5.52 Å². The topological polar surface area (TPSA) is 139 Å². The van der Waals surface area contributed by atoms with Crippen molar-refractivity contribution in [3.63, 3.8) is 0 Å². The maximum atomic E-state index is 13.0. The number of aromatic nitrogens is 2. The predicted molar refractivity (Wildman–Crippen MR) is 109 cm³/mol. The summed E-state index contributed by atoms with van der Waals surface area (Å²) >= 11 is 0. The number of hydrogen-bond acceptors (Lipinski definition) is 7. The number of aromatic amines is 2. The van der Waals surface area contributed by atoms with Crippen LogP contribution < -0.4 is 5.56 Å². The fourth-order valence-electron chi connectivity index (χ4n) is 3.16. The highest BCUT2D eigenvalue weighted by Crippen LogP contribution is 2.28. The van der Waals surface area contributed by atoms with Gasteiger partial charge in [0.25, 0.3) is 15.6 Å². The van der Waals surface area contributed by atoms with Gasteiger partial charge >= 0.3 is 12.1 Å². The number of esters is 1. The molecule has 30 heavy (non-hydrogen) atoms. The lowest BCUT2D eigenvalue weighted by Crippen LogP contribution is -2.37. The van der Waals surface area contributed by atoms with Gasteiger partial charge in [-0.05, 0) is 39.0 Å². The van der Waals surface area contributed by atoms with E-state index in [2.05, 4.69) is 9.97 Å². The minimum Gasteiger partial charge on any atom is -0.462 e. The first-order valence-corrected chi connectivity index (χ1v) is 10.7. The van der Waals surface area contributed by atoms with E-state index in [1.807, 2.05) is 0 Å². The van der Waals surface area contributed by atoms with Gasteiger partial charge < -0.3 is 19.4 Å². The van der Waals surface area contributed by atoms with Crippen molar-refractivity contribution in [1.82, 2.24) is 14.3 Å². The summed E-state index contributed by atoms with van der Waals surface area (Å²) in [6.07, 6.45) is 0.357. The molecule has 1 amide bonds. The van der Waals surface area contributed by atoms with Crippen LogP contribution in [0.25, 0.3) is 21.8 Å². The van der Waals surface area contributed by atoms with Gasteiger partial charge in [-0.15, -0.1) is 0 Å². The lowest BCUT2D eigenvalue weighted by molar-refractivity contribution is 0.0528. The van der Waals surface area contributed by atoms with Crippen LogP contribution >= 0.6 is 0 Å². The van der Waals surface area contributed by atoms with Crippen LogP contribution in [-0.2, 0) is 19.5 Å². The van der Waals surface area contributed by atoms with Gasteiger partial charge in [0, 0.05) is 29.0 Å². The zero-order valence-corrected chi connectivity index (χ0v) is 17.5. The van der Waals surface area contributed by atoms with Crippen molar-refractivity contribution < 1.29 is 27.5 Å². The largest absolute Gasteiger partial charge is 0.462 e. The molecule has 0 fully saturated rings. The molecule has 3 rings (SSSR count). The van der Waals surface area contributed by atoms with E-state index in [-0.39, 0.29) is 41.1 Å². The molecule has 0 unspecified atom stereocenters. The van der Waals surface area contributed by atoms with Crippen LogP contribution in [0.2, 0.25) is 0 Å². The van der Waals surface area contributed by atoms with Crippen molar-refractivity contribution >= 4 is 43.9 Å². The molecule has 0 aliphatic carbocycles. The summed E-state index contributed by atoms with van der Waals surface area (Å²) in [6.45, 7) is 4.77. The lowest BCUT2D eigenvalue weighted by Gasteiger charge is -2.20. The van der Waals surface area contributed by atoms with Crippen molar-refractivity contribution in [2.75, 3.05) is 19.8 Å². The first kappa shape index (κ1) is 21.4. The quantitative estimate of drug-likeness (QED) is 0.567. The van der Waals surface area contributed by atoms with Crippen molar-refractivity contribution in [3.05, 3.63) is 40.3 Å². The summed E-state index contributed by atoms with van der Waals surface area (Å²) in [5, 5.41) is 0.554. The molecule has 160 valence electrons. The summed E-state index contributed by atoms with van der Waals surface area (Å²) < 4.78 is 36.6. The molecule has 0 atom stereocenters. The van der Waals surface area contributed by atoms with Gasteiger partial charge in [0.2, 0.25) is 0 Å². The standard InChI is InChI=1S/C19H21N3O7S/c1-4-22(19(25)29-6-3)30(26,27)11-7-8-14-12(9-11)15-13(18(24)28-5-2)10-20-16(15)17(23)21-14/h7-10,20H,4-6H2,1-3H3,(H,21,23). The molecule has 2 heterocycles. The Morgan fingerprint density at radius 3 is 2.43 bits per heavy atom. The zero-order chi connectivity index (χ0) is 22.1. The van der Waals surface area contributed by atoms with Crippen molar-refractivity contribution in [2.24, 2.45) is 0 Å². The number of H-pyrrole nitrogens is 2. The number of nitrogens with one attached hydrogen (secondary N) is 2. The molecule has 10 nitrogen and oxygen atoms in total. The van der Waals surface area contributed by atoms with Crippen LogP contribution in [0.4, 0.5) is 4.79 Å². The van der Waals surface area contributed by atoms with Crippen LogP contribution in [0, 0.1) is 0 Å². The Morgan fingerprint density at radius 1 is 1.10 bits per heavy atom. The maximum Gasteiger partial charge on any atom is 0.423 e. The second-order valence-electron chi connectivity index (χ2n) is 6.20. The molecule has 0 saturated heterocycles. The molecule has 0 saturated carbocycles. The Bertz CT molecular complexity index is 1290. The van der Waals surface area contributed by atoms with Crippen LogP contribution in [-0.4, -0.2) is 54.5 Å². The summed E-state index contributed by atoms with van der Waals surface area (Å²) in [7, 11) is -4.23. The number of hydrogen-bond donors (Lipinski definition) is 2. The highest BCUT2D eigenvalue weighted by Gasteiger charge is 2.30. The van der Waals surface area contributed by atoms with Gasteiger partial charge in [-0.1, -0.05) is 0 Å². The van der Waals surface area contributed by atoms with Crippen molar-refractivity contribution in [2.45, 2.75) is 25.7 Å². The monoisotopic (exact) mass is 435 g/mol. The molecule has 0 aliphatic rings. The van der Waals surface area contributed by atoms with Crippen molar-refractivity contribution in [3.8, 4) is 0 Å². The number of benzene rings is 1. The number of fused-ring (bicyclic) bond motifs is 3. The van der Waals surface area contributed by atoms with Gasteiger partial charge in [0.15, 0.2) is 0 Å². The number of carbonyl (C=O) groups is 2. The van der Waals surface area contributed by atoms with Crippen LogP contribution in [0.3, 0.4) is 0 Å². The van der Waals surface area contributed by atoms with Gasteiger partial charge in [-0.25, -0.2) is 22.3 Å². The van der Waals surface area contributed by atoms with E-state index in [1.165, 1.54) is 31.3 Å². The number of carbonyl (C=O) groups excluding carboxylic acids is 2. The van der Waals surface area contributed by atoms with Gasteiger partial charge in [-0.2, -0.15) is 0 Å². The number of nitrogens with zero attached hydrogens (tertiary/aromatic N) is 1. The number of rotatable bonds is 6. The molecule has 11 heteroatoms. The normalized spacial score (nSPS) is 11.6. The molecule has 1 aromatic carbocycles. The smallest absolute Gasteiger partial charge is 0.423 e. The van der Waals surface area contributed by atoms with E-state index >= 15 is 0 Å². The summed E-state index contributed by atoms with van der Waals surface area (Å²) in [6, 6.07) is 3.99. The first-order chi connectivity index (χ1) is 14.3. The van der Waals surface area contributed by atoms with Crippen LogP contribution in [0.5, 0.6) is 0 Å². The summed E-state index contributed by atoms with van der Waals surface area (Å²) in [4.78, 5) is 42.0. The number of sulfonamides is 1. The summed E-state index contributed by atoms with van der Waals surface area (Å²) in [5.74, 6) is -0.648. The van der Waals surface area contributed by atoms with Crippen molar-refractivity contribution in [1.29, 1.82) is 0 Å². The molecule has 0 bridgehead atoms. The van der Waals surface area contributed by atoms with E-state index in [0.717, 1.165) is 0 Å². The maximum absolute atomic E-state index is 13.0. The average Bonchev–Trinajstić information content (AvgIpc) is 3.15. The minimum atomic E-state index is -4.23. The number of ether oxygens (including phenoxy) is 2. The third kappa shape index (κ3) is 3.52. The lowest BCUT2D eigenvalue weighted by atomic mass is 10.1. The molecule has 0 spiro atoms. The minimum absolute atomic E-state index is 0.0245. The van der Waals surface area contributed by atoms with E-state index in [4.69, 9.17) is 9.47 Å². The Morgan fingerprint density at radius 2 is 1.80 bits per heavy atom. The highest BCUT2D eigenvalue weighted by molar-refractivity contribution is 7.89. The third-order valence-corrected chi connectivity index (χ3v) is 6.30. The highest BCUT2D eigenvalue weighted by atomic mass is 32.2. The SMILES string of the molecule is CCOC(=O)c1c[nH]c2c(=O)[nH]c3ccc(S(=O)(=O)N(CC)C(=O)OCC)cc3c12. The Labute approximate surface area is 171 Å². The van der Waals surface area contributed by atoms with Crippen LogP contribution in [0.15, 0.2) is 34.1 Å². The van der Waals surface area contributed by atoms with Gasteiger partial charge in [0.05, 0.1) is 23.7 Å². The molecule has 2 aromatic heterocycles. The third-order valence-electron chi connectivity index (χ3n) is 4.46. The Kier molecular flexibility index (Phi) is 5.83.